The molecule has 2 amide bonds. The molecule has 1 heterocycles. The first-order valence-corrected chi connectivity index (χ1v) is 6.31. The molecule has 0 spiro atoms. The quantitative estimate of drug-likeness (QED) is 0.484. The minimum atomic E-state index is -0.297. The molecule has 0 radical (unpaired) electrons. The van der Waals surface area contributed by atoms with Gasteiger partial charge in [-0.25, -0.2) is 10.6 Å². The molecule has 3 N–H and O–H groups in total. The lowest BCUT2D eigenvalue weighted by Crippen LogP contribution is -2.41. The summed E-state index contributed by atoms with van der Waals surface area (Å²) < 4.78 is 11.2. The molecule has 0 saturated carbocycles. The Balaban J connectivity index is 1.98. The van der Waals surface area contributed by atoms with Crippen molar-refractivity contribution >= 4 is 6.03 Å². The number of ether oxygens (including phenoxy) is 2. The first-order chi connectivity index (χ1) is 9.20. The van der Waals surface area contributed by atoms with Crippen molar-refractivity contribution in [1.82, 2.24) is 10.3 Å². The zero-order valence-electron chi connectivity index (χ0n) is 11.0. The molecule has 1 aromatic rings. The van der Waals surface area contributed by atoms with Crippen molar-refractivity contribution in [2.45, 2.75) is 12.8 Å². The van der Waals surface area contributed by atoms with E-state index in [0.29, 0.717) is 19.8 Å². The van der Waals surface area contributed by atoms with E-state index in [4.69, 9.17) is 15.3 Å². The second-order valence-corrected chi connectivity index (χ2v) is 4.45. The highest BCUT2D eigenvalue weighted by Gasteiger charge is 2.11. The second-order valence-electron chi connectivity index (χ2n) is 4.45. The van der Waals surface area contributed by atoms with Gasteiger partial charge in [-0.05, 0) is 24.1 Å². The first-order valence-electron chi connectivity index (χ1n) is 6.31. The lowest BCUT2D eigenvalue weighted by molar-refractivity contribution is 0.209. The molecule has 19 heavy (non-hydrogen) atoms. The maximum atomic E-state index is 11.3. The summed E-state index contributed by atoms with van der Waals surface area (Å²) in [5, 5.41) is 0. The van der Waals surface area contributed by atoms with Gasteiger partial charge in [-0.2, -0.15) is 0 Å². The zero-order chi connectivity index (χ0) is 13.7. The Kier molecular flexibility index (Phi) is 4.46. The number of nitrogens with zero attached hydrogens (tertiary/aromatic N) is 1. The summed E-state index contributed by atoms with van der Waals surface area (Å²) in [5.41, 5.74) is 3.20. The Morgan fingerprint density at radius 2 is 2.11 bits per heavy atom. The number of nitrogens with one attached hydrogen (secondary N) is 1. The standard InChI is InChI=1S/C13H19N3O3/c1-16(13(17)15-14)6-5-10-3-4-11-12(9-10)19-8-2-7-18-11/h3-4,9H,2,5-8,14H2,1H3,(H,15,17). The van der Waals surface area contributed by atoms with Gasteiger partial charge in [-0.1, -0.05) is 6.07 Å². The molecule has 0 fully saturated rings. The molecule has 104 valence electrons. The SMILES string of the molecule is CN(CCc1ccc2c(c1)OCCCO2)C(=O)NN. The van der Waals surface area contributed by atoms with Crippen LogP contribution in [0.15, 0.2) is 18.2 Å². The summed E-state index contributed by atoms with van der Waals surface area (Å²) >= 11 is 0. The van der Waals surface area contributed by atoms with E-state index in [0.717, 1.165) is 29.9 Å². The van der Waals surface area contributed by atoms with Crippen LogP contribution in [-0.2, 0) is 6.42 Å². The van der Waals surface area contributed by atoms with Crippen LogP contribution >= 0.6 is 0 Å². The smallest absolute Gasteiger partial charge is 0.331 e. The van der Waals surface area contributed by atoms with Crippen LogP contribution < -0.4 is 20.7 Å². The monoisotopic (exact) mass is 265 g/mol. The zero-order valence-corrected chi connectivity index (χ0v) is 11.0. The number of fused-ring (bicyclic) bond motifs is 1. The van der Waals surface area contributed by atoms with Gasteiger partial charge in [0, 0.05) is 20.0 Å². The van der Waals surface area contributed by atoms with Crippen LogP contribution in [0.4, 0.5) is 4.79 Å². The number of hydrogen-bond acceptors (Lipinski definition) is 4. The number of hydrazine groups is 1. The molecule has 0 bridgehead atoms. The van der Waals surface area contributed by atoms with Crippen LogP contribution in [0.2, 0.25) is 0 Å². The fourth-order valence-electron chi connectivity index (χ4n) is 1.87. The summed E-state index contributed by atoms with van der Waals surface area (Å²) in [5.74, 6) is 6.64. The molecule has 0 atom stereocenters. The number of rotatable bonds is 3. The highest BCUT2D eigenvalue weighted by Crippen LogP contribution is 2.30. The normalized spacial score (nSPS) is 13.6. The topological polar surface area (TPSA) is 76.8 Å². The Hall–Kier alpha value is -1.95. The van der Waals surface area contributed by atoms with Gasteiger partial charge < -0.3 is 14.4 Å². The summed E-state index contributed by atoms with van der Waals surface area (Å²) in [7, 11) is 1.70. The molecule has 0 aromatic heterocycles. The van der Waals surface area contributed by atoms with E-state index in [9.17, 15) is 4.79 Å². The summed E-state index contributed by atoms with van der Waals surface area (Å²) in [4.78, 5) is 12.8. The van der Waals surface area contributed by atoms with Gasteiger partial charge in [0.25, 0.3) is 0 Å². The van der Waals surface area contributed by atoms with E-state index in [1.54, 1.807) is 7.05 Å². The number of urea groups is 1. The summed E-state index contributed by atoms with van der Waals surface area (Å²) in [6, 6.07) is 5.57. The van der Waals surface area contributed by atoms with Gasteiger partial charge >= 0.3 is 6.03 Å². The molecule has 6 nitrogen and oxygen atoms in total. The fourth-order valence-corrected chi connectivity index (χ4v) is 1.87. The number of nitrogens with two attached hydrogens (primary N) is 1. The van der Waals surface area contributed by atoms with Crippen molar-refractivity contribution in [2.75, 3.05) is 26.8 Å². The van der Waals surface area contributed by atoms with E-state index in [1.807, 2.05) is 18.2 Å². The molecule has 0 aliphatic carbocycles. The number of carbonyl (C=O) groups is 1. The maximum Gasteiger partial charge on any atom is 0.331 e. The van der Waals surface area contributed by atoms with E-state index in [1.165, 1.54) is 4.90 Å². The average molecular weight is 265 g/mol. The Morgan fingerprint density at radius 1 is 1.37 bits per heavy atom. The largest absolute Gasteiger partial charge is 0.490 e. The molecule has 6 heteroatoms. The minimum Gasteiger partial charge on any atom is -0.490 e. The highest BCUT2D eigenvalue weighted by molar-refractivity contribution is 5.73. The second kappa shape index (κ2) is 6.29. The van der Waals surface area contributed by atoms with Crippen LogP contribution in [0.1, 0.15) is 12.0 Å². The predicted molar refractivity (Wildman–Crippen MR) is 71.1 cm³/mol. The van der Waals surface area contributed by atoms with E-state index >= 15 is 0 Å². The van der Waals surface area contributed by atoms with Crippen molar-refractivity contribution < 1.29 is 14.3 Å². The fraction of sp³-hybridized carbons (Fsp3) is 0.462. The van der Waals surface area contributed by atoms with Gasteiger partial charge in [0.15, 0.2) is 11.5 Å². The third kappa shape index (κ3) is 3.51. The third-order valence-corrected chi connectivity index (χ3v) is 3.02. The average Bonchev–Trinajstić information content (AvgIpc) is 2.68. The van der Waals surface area contributed by atoms with E-state index in [2.05, 4.69) is 5.43 Å². The number of likely N-dealkylation sites (N-methyl/N-ethyl adjacent to an activating group) is 1. The van der Waals surface area contributed by atoms with Gasteiger partial charge in [0.05, 0.1) is 13.2 Å². The number of benzene rings is 1. The van der Waals surface area contributed by atoms with Crippen molar-refractivity contribution in [2.24, 2.45) is 5.84 Å². The Morgan fingerprint density at radius 3 is 2.84 bits per heavy atom. The summed E-state index contributed by atoms with van der Waals surface area (Å²) in [6.07, 6.45) is 1.63. The number of amides is 2. The molecule has 1 aliphatic heterocycles. The van der Waals surface area contributed by atoms with Gasteiger partial charge in [0.2, 0.25) is 0 Å². The van der Waals surface area contributed by atoms with Gasteiger partial charge in [-0.3, -0.25) is 5.43 Å². The van der Waals surface area contributed by atoms with E-state index in [-0.39, 0.29) is 6.03 Å². The van der Waals surface area contributed by atoms with Crippen molar-refractivity contribution in [3.05, 3.63) is 23.8 Å². The Labute approximate surface area is 112 Å². The van der Waals surface area contributed by atoms with Crippen molar-refractivity contribution in [1.29, 1.82) is 0 Å². The third-order valence-electron chi connectivity index (χ3n) is 3.02. The van der Waals surface area contributed by atoms with Crippen LogP contribution in [0.3, 0.4) is 0 Å². The number of carbonyl (C=O) groups excluding carboxylic acids is 1. The maximum absolute atomic E-state index is 11.3. The minimum absolute atomic E-state index is 0.297. The molecule has 1 aromatic carbocycles. The molecule has 2 rings (SSSR count). The molecule has 1 aliphatic rings. The van der Waals surface area contributed by atoms with Crippen molar-refractivity contribution in [3.63, 3.8) is 0 Å². The van der Waals surface area contributed by atoms with E-state index < -0.39 is 0 Å². The van der Waals surface area contributed by atoms with Crippen LogP contribution in [0.5, 0.6) is 11.5 Å². The summed E-state index contributed by atoms with van der Waals surface area (Å²) in [6.45, 7) is 1.94. The van der Waals surface area contributed by atoms with Crippen molar-refractivity contribution in [3.8, 4) is 11.5 Å². The van der Waals surface area contributed by atoms with Crippen LogP contribution in [-0.4, -0.2) is 37.7 Å². The predicted octanol–water partition coefficient (Wildman–Crippen LogP) is 0.906. The number of hydrogen-bond donors (Lipinski definition) is 2. The van der Waals surface area contributed by atoms with Gasteiger partial charge in [0.1, 0.15) is 0 Å². The highest BCUT2D eigenvalue weighted by atomic mass is 16.5. The lowest BCUT2D eigenvalue weighted by atomic mass is 10.1. The molecular weight excluding hydrogens is 246 g/mol. The van der Waals surface area contributed by atoms with Gasteiger partial charge in [-0.15, -0.1) is 0 Å². The first kappa shape index (κ1) is 13.5. The molecule has 0 saturated heterocycles. The molecular formula is C13H19N3O3. The Bertz CT molecular complexity index is 451. The van der Waals surface area contributed by atoms with Crippen LogP contribution in [0.25, 0.3) is 0 Å². The molecule has 0 unspecified atom stereocenters. The van der Waals surface area contributed by atoms with Crippen LogP contribution in [0, 0.1) is 0 Å². The lowest BCUT2D eigenvalue weighted by Gasteiger charge is -2.16.